The summed E-state index contributed by atoms with van der Waals surface area (Å²) in [7, 11) is 2.94. The zero-order valence-electron chi connectivity index (χ0n) is 12.9. The summed E-state index contributed by atoms with van der Waals surface area (Å²) in [5.74, 6) is 0.992. The molecule has 0 aliphatic rings. The molecule has 1 aromatic carbocycles. The van der Waals surface area contributed by atoms with Gasteiger partial charge in [0.1, 0.15) is 0 Å². The van der Waals surface area contributed by atoms with E-state index >= 15 is 0 Å². The van der Waals surface area contributed by atoms with E-state index in [1.165, 1.54) is 14.2 Å². The average Bonchev–Trinajstić information content (AvgIpc) is 2.47. The van der Waals surface area contributed by atoms with Gasteiger partial charge >= 0.3 is 0 Å². The van der Waals surface area contributed by atoms with Gasteiger partial charge in [-0.1, -0.05) is 0 Å². The number of benzene rings is 1. The molecule has 0 unspecified atom stereocenters. The molecule has 7 heteroatoms. The third-order valence-electron chi connectivity index (χ3n) is 2.86. The molecule has 0 fully saturated rings. The summed E-state index contributed by atoms with van der Waals surface area (Å²) in [6.07, 6.45) is 1.56. The van der Waals surface area contributed by atoms with Crippen LogP contribution in [0.3, 0.4) is 0 Å². The zero-order chi connectivity index (χ0) is 16.1. The maximum Gasteiger partial charge on any atom is 0.243 e. The van der Waals surface area contributed by atoms with E-state index in [1.54, 1.807) is 18.3 Å². The van der Waals surface area contributed by atoms with Crippen LogP contribution in [-0.4, -0.2) is 35.5 Å². The minimum absolute atomic E-state index is 0.0484. The second-order valence-corrected chi connectivity index (χ2v) is 4.62. The van der Waals surface area contributed by atoms with Crippen LogP contribution in [0.25, 0.3) is 0 Å². The molecule has 2 aromatic rings. The standard InChI is InChI=1S/C15H18N4O3/c1-9-5-10(2)18-15(17-9)19-16-8-11-6-12(21-3)14(20)13(7-11)22-4/h5-8,20H,1-4H3,(H,17,18,19)/b16-8+. The molecule has 0 saturated heterocycles. The van der Waals surface area contributed by atoms with Gasteiger partial charge in [0.05, 0.1) is 20.4 Å². The summed E-state index contributed by atoms with van der Waals surface area (Å²) < 4.78 is 10.2. The van der Waals surface area contributed by atoms with Gasteiger partial charge < -0.3 is 14.6 Å². The van der Waals surface area contributed by atoms with Crippen molar-refractivity contribution in [3.63, 3.8) is 0 Å². The van der Waals surface area contributed by atoms with Crippen LogP contribution in [0.1, 0.15) is 17.0 Å². The summed E-state index contributed by atoms with van der Waals surface area (Å²) in [4.78, 5) is 8.44. The van der Waals surface area contributed by atoms with Crippen LogP contribution in [0.15, 0.2) is 23.3 Å². The molecule has 0 saturated carbocycles. The Labute approximate surface area is 128 Å². The predicted octanol–water partition coefficient (Wildman–Crippen LogP) is 2.26. The lowest BCUT2D eigenvalue weighted by atomic mass is 10.2. The molecule has 0 amide bonds. The zero-order valence-corrected chi connectivity index (χ0v) is 12.9. The van der Waals surface area contributed by atoms with Crippen molar-refractivity contribution in [1.82, 2.24) is 9.97 Å². The fraction of sp³-hybridized carbons (Fsp3) is 0.267. The van der Waals surface area contributed by atoms with Crippen molar-refractivity contribution in [3.05, 3.63) is 35.2 Å². The van der Waals surface area contributed by atoms with E-state index in [0.717, 1.165) is 11.4 Å². The number of aromatic hydroxyl groups is 1. The number of aromatic nitrogens is 2. The highest BCUT2D eigenvalue weighted by Gasteiger charge is 2.10. The lowest BCUT2D eigenvalue weighted by Crippen LogP contribution is -2.00. The molecule has 2 N–H and O–H groups in total. The van der Waals surface area contributed by atoms with Crippen molar-refractivity contribution in [1.29, 1.82) is 0 Å². The van der Waals surface area contributed by atoms with Crippen LogP contribution in [0, 0.1) is 13.8 Å². The first-order valence-corrected chi connectivity index (χ1v) is 6.60. The quantitative estimate of drug-likeness (QED) is 0.650. The summed E-state index contributed by atoms with van der Waals surface area (Å²) in [5, 5.41) is 13.9. The highest BCUT2D eigenvalue weighted by atomic mass is 16.5. The number of hydrogen-bond acceptors (Lipinski definition) is 7. The van der Waals surface area contributed by atoms with Crippen molar-refractivity contribution in [2.24, 2.45) is 5.10 Å². The van der Waals surface area contributed by atoms with E-state index in [1.807, 2.05) is 19.9 Å². The van der Waals surface area contributed by atoms with E-state index in [4.69, 9.17) is 9.47 Å². The van der Waals surface area contributed by atoms with Crippen molar-refractivity contribution >= 4 is 12.2 Å². The molecule has 0 bridgehead atoms. The highest BCUT2D eigenvalue weighted by Crippen LogP contribution is 2.36. The monoisotopic (exact) mass is 302 g/mol. The Kier molecular flexibility index (Phi) is 4.77. The van der Waals surface area contributed by atoms with Crippen LogP contribution in [0.2, 0.25) is 0 Å². The Morgan fingerprint density at radius 3 is 2.09 bits per heavy atom. The third kappa shape index (κ3) is 3.63. The van der Waals surface area contributed by atoms with E-state index in [0.29, 0.717) is 23.0 Å². The summed E-state index contributed by atoms with van der Waals surface area (Å²) >= 11 is 0. The molecular formula is C15H18N4O3. The van der Waals surface area contributed by atoms with Crippen molar-refractivity contribution in [2.45, 2.75) is 13.8 Å². The van der Waals surface area contributed by atoms with Crippen molar-refractivity contribution in [3.8, 4) is 17.2 Å². The van der Waals surface area contributed by atoms with E-state index in [2.05, 4.69) is 20.5 Å². The summed E-state index contributed by atoms with van der Waals surface area (Å²) in [5.41, 5.74) is 5.18. The second kappa shape index (κ2) is 6.75. The Hall–Kier alpha value is -2.83. The number of nitrogens with zero attached hydrogens (tertiary/aromatic N) is 3. The number of ether oxygens (including phenoxy) is 2. The number of hydrogen-bond donors (Lipinski definition) is 2. The van der Waals surface area contributed by atoms with Gasteiger partial charge in [-0.15, -0.1) is 0 Å². The molecular weight excluding hydrogens is 284 g/mol. The molecule has 7 nitrogen and oxygen atoms in total. The molecule has 116 valence electrons. The Bertz CT molecular complexity index is 656. The summed E-state index contributed by atoms with van der Waals surface area (Å²) in [6, 6.07) is 5.17. The third-order valence-corrected chi connectivity index (χ3v) is 2.86. The smallest absolute Gasteiger partial charge is 0.243 e. The largest absolute Gasteiger partial charge is 0.502 e. The maximum atomic E-state index is 9.85. The number of aryl methyl sites for hydroxylation is 2. The van der Waals surface area contributed by atoms with Gasteiger partial charge in [-0.25, -0.2) is 15.4 Å². The number of rotatable bonds is 5. The van der Waals surface area contributed by atoms with Crippen molar-refractivity contribution < 1.29 is 14.6 Å². The minimum Gasteiger partial charge on any atom is -0.502 e. The maximum absolute atomic E-state index is 9.85. The van der Waals surface area contributed by atoms with Gasteiger partial charge in [0.25, 0.3) is 0 Å². The Morgan fingerprint density at radius 1 is 1.05 bits per heavy atom. The van der Waals surface area contributed by atoms with Gasteiger partial charge in [-0.3, -0.25) is 0 Å². The van der Waals surface area contributed by atoms with E-state index in [9.17, 15) is 5.11 Å². The fourth-order valence-corrected chi connectivity index (χ4v) is 1.93. The predicted molar refractivity (Wildman–Crippen MR) is 83.9 cm³/mol. The Morgan fingerprint density at radius 2 is 1.59 bits per heavy atom. The number of nitrogens with one attached hydrogen (secondary N) is 1. The van der Waals surface area contributed by atoms with Gasteiger partial charge in [0, 0.05) is 17.0 Å². The SMILES string of the molecule is COc1cc(/C=N/Nc2nc(C)cc(C)n2)cc(OC)c1O. The first-order chi connectivity index (χ1) is 10.5. The lowest BCUT2D eigenvalue weighted by molar-refractivity contribution is 0.340. The topological polar surface area (TPSA) is 88.9 Å². The van der Waals surface area contributed by atoms with Crippen LogP contribution in [-0.2, 0) is 0 Å². The normalized spacial score (nSPS) is 10.7. The number of phenolic OH excluding ortho intramolecular Hbond substituents is 1. The highest BCUT2D eigenvalue weighted by molar-refractivity contribution is 5.82. The molecule has 0 aliphatic heterocycles. The number of anilines is 1. The van der Waals surface area contributed by atoms with E-state index in [-0.39, 0.29) is 5.75 Å². The lowest BCUT2D eigenvalue weighted by Gasteiger charge is -2.09. The van der Waals surface area contributed by atoms with Gasteiger partial charge in [0.15, 0.2) is 11.5 Å². The van der Waals surface area contributed by atoms with Crippen LogP contribution >= 0.6 is 0 Å². The molecule has 0 aliphatic carbocycles. The average molecular weight is 302 g/mol. The van der Waals surface area contributed by atoms with Crippen LogP contribution < -0.4 is 14.9 Å². The molecule has 0 radical (unpaired) electrons. The Balaban J connectivity index is 2.19. The molecule has 22 heavy (non-hydrogen) atoms. The minimum atomic E-state index is -0.0484. The van der Waals surface area contributed by atoms with Gasteiger partial charge in [-0.2, -0.15) is 5.10 Å². The first kappa shape index (κ1) is 15.6. The van der Waals surface area contributed by atoms with Gasteiger partial charge in [0.2, 0.25) is 11.7 Å². The molecule has 0 atom stereocenters. The molecule has 0 spiro atoms. The molecule has 2 rings (SSSR count). The van der Waals surface area contributed by atoms with Crippen molar-refractivity contribution in [2.75, 3.05) is 19.6 Å². The molecule has 1 aromatic heterocycles. The van der Waals surface area contributed by atoms with Crippen LogP contribution in [0.5, 0.6) is 17.2 Å². The number of hydrazone groups is 1. The summed E-state index contributed by atoms with van der Waals surface area (Å²) in [6.45, 7) is 3.78. The second-order valence-electron chi connectivity index (χ2n) is 4.62. The van der Waals surface area contributed by atoms with Crippen LogP contribution in [0.4, 0.5) is 5.95 Å². The van der Waals surface area contributed by atoms with Gasteiger partial charge in [-0.05, 0) is 32.0 Å². The van der Waals surface area contributed by atoms with E-state index < -0.39 is 0 Å². The fourth-order valence-electron chi connectivity index (χ4n) is 1.93. The first-order valence-electron chi connectivity index (χ1n) is 6.60. The number of methoxy groups -OCH3 is 2. The number of phenols is 1. The molecule has 1 heterocycles.